The molecule has 1 N–H and O–H groups in total. The van der Waals surface area contributed by atoms with Crippen LogP contribution < -0.4 is 5.32 Å². The second-order valence-electron chi connectivity index (χ2n) is 4.21. The van der Waals surface area contributed by atoms with Gasteiger partial charge in [-0.15, -0.1) is 0 Å². The Morgan fingerprint density at radius 2 is 1.65 bits per heavy atom. The van der Waals surface area contributed by atoms with Gasteiger partial charge in [-0.1, -0.05) is 24.3 Å². The predicted molar refractivity (Wildman–Crippen MR) is 69.9 cm³/mol. The van der Waals surface area contributed by atoms with Crippen LogP contribution in [0.5, 0.6) is 0 Å². The summed E-state index contributed by atoms with van der Waals surface area (Å²) in [6, 6.07) is 14.0. The Hall–Kier alpha value is -2.48. The Morgan fingerprint density at radius 3 is 2.25 bits per heavy atom. The summed E-state index contributed by atoms with van der Waals surface area (Å²) in [5.74, 6) is 0. The lowest BCUT2D eigenvalue weighted by Crippen LogP contribution is -2.06. The predicted octanol–water partition coefficient (Wildman–Crippen LogP) is 4.19. The number of hydrogen-bond acceptors (Lipinski definition) is 2. The van der Waals surface area contributed by atoms with Crippen LogP contribution in [0.25, 0.3) is 0 Å². The fraction of sp³-hybridized carbons (Fsp3) is 0.133. The van der Waals surface area contributed by atoms with Gasteiger partial charge in [-0.3, -0.25) is 0 Å². The summed E-state index contributed by atoms with van der Waals surface area (Å²) >= 11 is 0. The number of anilines is 1. The smallest absolute Gasteiger partial charge is 0.380 e. The number of nitriles is 1. The molecule has 2 rings (SSSR count). The highest BCUT2D eigenvalue weighted by Crippen LogP contribution is 2.29. The minimum atomic E-state index is -4.32. The van der Waals surface area contributed by atoms with Gasteiger partial charge in [0, 0.05) is 6.54 Å². The highest BCUT2D eigenvalue weighted by atomic mass is 19.4. The van der Waals surface area contributed by atoms with E-state index in [0.717, 1.165) is 12.1 Å². The molecule has 0 atom stereocenters. The van der Waals surface area contributed by atoms with Gasteiger partial charge in [0.1, 0.15) is 6.07 Å². The van der Waals surface area contributed by atoms with Crippen molar-refractivity contribution in [2.24, 2.45) is 0 Å². The molecule has 0 amide bonds. The van der Waals surface area contributed by atoms with Gasteiger partial charge in [0.2, 0.25) is 0 Å². The molecule has 0 bridgehead atoms. The first kappa shape index (κ1) is 13.9. The van der Waals surface area contributed by atoms with E-state index in [-0.39, 0.29) is 0 Å². The molecule has 0 aliphatic heterocycles. The normalized spacial score (nSPS) is 10.9. The lowest BCUT2D eigenvalue weighted by atomic mass is 10.1. The summed E-state index contributed by atoms with van der Waals surface area (Å²) in [7, 11) is 0. The lowest BCUT2D eigenvalue weighted by molar-refractivity contribution is -0.137. The molecule has 0 aromatic heterocycles. The zero-order valence-electron chi connectivity index (χ0n) is 10.4. The zero-order chi connectivity index (χ0) is 14.6. The first-order valence-corrected chi connectivity index (χ1v) is 5.90. The van der Waals surface area contributed by atoms with Gasteiger partial charge < -0.3 is 5.32 Å². The molecular formula is C15H11F3N2. The summed E-state index contributed by atoms with van der Waals surface area (Å²) in [6.07, 6.45) is -4.32. The molecule has 0 saturated carbocycles. The third-order valence-electron chi connectivity index (χ3n) is 2.81. The Morgan fingerprint density at radius 1 is 1.00 bits per heavy atom. The van der Waals surface area contributed by atoms with E-state index in [1.165, 1.54) is 12.1 Å². The second-order valence-corrected chi connectivity index (χ2v) is 4.21. The first-order valence-electron chi connectivity index (χ1n) is 5.90. The van der Waals surface area contributed by atoms with Crippen molar-refractivity contribution in [2.45, 2.75) is 12.7 Å². The van der Waals surface area contributed by atoms with E-state index in [1.54, 1.807) is 24.3 Å². The SMILES string of the molecule is N#Cc1ccccc1NCc1ccc(C(F)(F)F)cc1. The monoisotopic (exact) mass is 276 g/mol. The van der Waals surface area contributed by atoms with Crippen molar-refractivity contribution in [3.05, 3.63) is 65.2 Å². The summed E-state index contributed by atoms with van der Waals surface area (Å²) in [6.45, 7) is 0.358. The van der Waals surface area contributed by atoms with Crippen molar-refractivity contribution in [3.8, 4) is 6.07 Å². The largest absolute Gasteiger partial charge is 0.416 e. The van der Waals surface area contributed by atoms with Crippen LogP contribution in [-0.4, -0.2) is 0 Å². The molecule has 0 heterocycles. The van der Waals surface area contributed by atoms with E-state index in [4.69, 9.17) is 5.26 Å². The third kappa shape index (κ3) is 3.29. The van der Waals surface area contributed by atoms with E-state index in [1.807, 2.05) is 6.07 Å². The van der Waals surface area contributed by atoms with Gasteiger partial charge in [0.05, 0.1) is 16.8 Å². The number of halogens is 3. The van der Waals surface area contributed by atoms with E-state index < -0.39 is 11.7 Å². The van der Waals surface area contributed by atoms with Crippen LogP contribution in [0.15, 0.2) is 48.5 Å². The Kier molecular flexibility index (Phi) is 3.94. The second kappa shape index (κ2) is 5.66. The molecule has 2 aromatic rings. The lowest BCUT2D eigenvalue weighted by Gasteiger charge is -2.10. The minimum absolute atomic E-state index is 0.358. The zero-order valence-corrected chi connectivity index (χ0v) is 10.4. The number of alkyl halides is 3. The Labute approximate surface area is 114 Å². The van der Waals surface area contributed by atoms with Crippen molar-refractivity contribution in [2.75, 3.05) is 5.32 Å². The number of hydrogen-bond donors (Lipinski definition) is 1. The molecule has 20 heavy (non-hydrogen) atoms. The molecule has 0 spiro atoms. The number of rotatable bonds is 3. The van der Waals surface area contributed by atoms with Crippen molar-refractivity contribution < 1.29 is 13.2 Å². The number of benzene rings is 2. The van der Waals surface area contributed by atoms with Gasteiger partial charge in [-0.25, -0.2) is 0 Å². The molecule has 2 nitrogen and oxygen atoms in total. The molecule has 0 saturated heterocycles. The molecule has 0 unspecified atom stereocenters. The summed E-state index contributed by atoms with van der Waals surface area (Å²) in [5.41, 5.74) is 1.21. The maximum absolute atomic E-state index is 12.4. The molecule has 0 fully saturated rings. The molecule has 5 heteroatoms. The maximum atomic E-state index is 12.4. The minimum Gasteiger partial charge on any atom is -0.380 e. The first-order chi connectivity index (χ1) is 9.50. The third-order valence-corrected chi connectivity index (χ3v) is 2.81. The van der Waals surface area contributed by atoms with E-state index >= 15 is 0 Å². The van der Waals surface area contributed by atoms with E-state index in [0.29, 0.717) is 23.4 Å². The van der Waals surface area contributed by atoms with Gasteiger partial charge in [0.25, 0.3) is 0 Å². The van der Waals surface area contributed by atoms with Crippen LogP contribution in [0.2, 0.25) is 0 Å². The maximum Gasteiger partial charge on any atom is 0.416 e. The van der Waals surface area contributed by atoms with E-state index in [2.05, 4.69) is 5.32 Å². The van der Waals surface area contributed by atoms with Crippen molar-refractivity contribution >= 4 is 5.69 Å². The van der Waals surface area contributed by atoms with Gasteiger partial charge in [0.15, 0.2) is 0 Å². The Balaban J connectivity index is 2.07. The average Bonchev–Trinajstić information content (AvgIpc) is 2.45. The van der Waals surface area contributed by atoms with Gasteiger partial charge >= 0.3 is 6.18 Å². The van der Waals surface area contributed by atoms with Crippen LogP contribution in [0.1, 0.15) is 16.7 Å². The molecule has 0 aliphatic rings. The number of nitrogens with one attached hydrogen (secondary N) is 1. The summed E-state index contributed by atoms with van der Waals surface area (Å²) in [4.78, 5) is 0. The van der Waals surface area contributed by atoms with Crippen LogP contribution >= 0.6 is 0 Å². The van der Waals surface area contributed by atoms with Crippen molar-refractivity contribution in [1.82, 2.24) is 0 Å². The standard InChI is InChI=1S/C15H11F3N2/c16-15(17,18)13-7-5-11(6-8-13)10-20-14-4-2-1-3-12(14)9-19/h1-8,20H,10H2. The van der Waals surface area contributed by atoms with Crippen molar-refractivity contribution in [1.29, 1.82) is 5.26 Å². The summed E-state index contributed by atoms with van der Waals surface area (Å²) in [5, 5.41) is 12.0. The van der Waals surface area contributed by atoms with Crippen LogP contribution in [0.3, 0.4) is 0 Å². The Bertz CT molecular complexity index is 625. The topological polar surface area (TPSA) is 35.8 Å². The average molecular weight is 276 g/mol. The highest BCUT2D eigenvalue weighted by molar-refractivity contribution is 5.57. The van der Waals surface area contributed by atoms with Gasteiger partial charge in [-0.2, -0.15) is 18.4 Å². The van der Waals surface area contributed by atoms with Crippen LogP contribution in [0, 0.1) is 11.3 Å². The van der Waals surface area contributed by atoms with Gasteiger partial charge in [-0.05, 0) is 29.8 Å². The molecular weight excluding hydrogens is 265 g/mol. The fourth-order valence-electron chi connectivity index (χ4n) is 1.74. The van der Waals surface area contributed by atoms with E-state index in [9.17, 15) is 13.2 Å². The number of nitrogens with zero attached hydrogens (tertiary/aromatic N) is 1. The fourth-order valence-corrected chi connectivity index (χ4v) is 1.74. The highest BCUT2D eigenvalue weighted by Gasteiger charge is 2.29. The quantitative estimate of drug-likeness (QED) is 0.912. The molecule has 2 aromatic carbocycles. The molecule has 0 radical (unpaired) electrons. The van der Waals surface area contributed by atoms with Crippen LogP contribution in [-0.2, 0) is 12.7 Å². The van der Waals surface area contributed by atoms with Crippen molar-refractivity contribution in [3.63, 3.8) is 0 Å². The molecule has 0 aliphatic carbocycles. The number of para-hydroxylation sites is 1. The van der Waals surface area contributed by atoms with Crippen LogP contribution in [0.4, 0.5) is 18.9 Å². The summed E-state index contributed by atoms with van der Waals surface area (Å²) < 4.78 is 37.3. The molecule has 102 valence electrons.